The first-order valence-corrected chi connectivity index (χ1v) is 7.20. The maximum atomic E-state index is 12.0. The minimum absolute atomic E-state index is 0.177. The molecule has 1 atom stereocenters. The molecule has 0 aliphatic rings. The van der Waals surface area contributed by atoms with Crippen LogP contribution in [0.15, 0.2) is 41.5 Å². The number of carbonyl (C=O) groups excluding carboxylic acids is 1. The van der Waals surface area contributed by atoms with Crippen LogP contribution in [0.4, 0.5) is 0 Å². The van der Waals surface area contributed by atoms with E-state index in [1.807, 2.05) is 38.4 Å². The van der Waals surface area contributed by atoms with Gasteiger partial charge in [-0.25, -0.2) is 4.79 Å². The first-order valence-electron chi connectivity index (χ1n) is 7.20. The Kier molecular flexibility index (Phi) is 3.84. The van der Waals surface area contributed by atoms with Crippen LogP contribution in [0.2, 0.25) is 0 Å². The Labute approximate surface area is 132 Å². The van der Waals surface area contributed by atoms with Crippen molar-refractivity contribution in [2.24, 2.45) is 7.05 Å². The van der Waals surface area contributed by atoms with Gasteiger partial charge in [0.15, 0.2) is 0 Å². The van der Waals surface area contributed by atoms with E-state index < -0.39 is 0 Å². The third kappa shape index (κ3) is 3.39. The molecule has 0 bridgehead atoms. The highest BCUT2D eigenvalue weighted by Gasteiger charge is 2.09. The Morgan fingerprint density at radius 2 is 2.13 bits per heavy atom. The molecule has 0 unspecified atom stereocenters. The van der Waals surface area contributed by atoms with Crippen molar-refractivity contribution in [2.45, 2.75) is 13.0 Å². The fourth-order valence-electron chi connectivity index (χ4n) is 2.36. The van der Waals surface area contributed by atoms with Crippen LogP contribution in [-0.4, -0.2) is 25.7 Å². The number of aromatic nitrogens is 4. The SMILES string of the molecule is C[C@@H](NC(=O)/C=C\c1cnn(C)c1)c1ccc2[nH]c(=O)[nH]c2c1. The van der Waals surface area contributed by atoms with Gasteiger partial charge in [-0.1, -0.05) is 6.07 Å². The second kappa shape index (κ2) is 5.96. The number of nitrogens with one attached hydrogen (secondary N) is 3. The van der Waals surface area contributed by atoms with Gasteiger partial charge in [0.25, 0.3) is 0 Å². The summed E-state index contributed by atoms with van der Waals surface area (Å²) >= 11 is 0. The van der Waals surface area contributed by atoms with Crippen LogP contribution < -0.4 is 11.0 Å². The van der Waals surface area contributed by atoms with E-state index >= 15 is 0 Å². The molecule has 7 heteroatoms. The molecule has 3 N–H and O–H groups in total. The summed E-state index contributed by atoms with van der Waals surface area (Å²) in [5.41, 5.74) is 3.00. The van der Waals surface area contributed by atoms with E-state index in [-0.39, 0.29) is 17.6 Å². The van der Waals surface area contributed by atoms with Gasteiger partial charge in [0, 0.05) is 24.9 Å². The van der Waals surface area contributed by atoms with Gasteiger partial charge in [-0.15, -0.1) is 0 Å². The largest absolute Gasteiger partial charge is 0.346 e. The van der Waals surface area contributed by atoms with Crippen molar-refractivity contribution in [3.63, 3.8) is 0 Å². The standard InChI is InChI=1S/C16H17N5O2/c1-10(12-4-5-13-14(7-12)20-16(23)19-13)18-15(22)6-3-11-8-17-21(2)9-11/h3-10H,1-2H3,(H,18,22)(H2,19,20,23)/b6-3-/t10-/m1/s1. The molecule has 1 aromatic carbocycles. The third-order valence-electron chi connectivity index (χ3n) is 3.55. The van der Waals surface area contributed by atoms with Gasteiger partial charge in [0.1, 0.15) is 0 Å². The number of aromatic amines is 2. The average molecular weight is 311 g/mol. The molecule has 3 aromatic rings. The number of aryl methyl sites for hydroxylation is 1. The van der Waals surface area contributed by atoms with Gasteiger partial charge < -0.3 is 15.3 Å². The number of H-pyrrole nitrogens is 2. The molecule has 0 aliphatic carbocycles. The third-order valence-corrected chi connectivity index (χ3v) is 3.55. The zero-order valence-electron chi connectivity index (χ0n) is 12.8. The number of nitrogens with zero attached hydrogens (tertiary/aromatic N) is 2. The molecule has 0 spiro atoms. The van der Waals surface area contributed by atoms with E-state index in [9.17, 15) is 9.59 Å². The lowest BCUT2D eigenvalue weighted by molar-refractivity contribution is -0.117. The average Bonchev–Trinajstić information content (AvgIpc) is 3.08. The predicted molar refractivity (Wildman–Crippen MR) is 87.7 cm³/mol. The van der Waals surface area contributed by atoms with Crippen molar-refractivity contribution in [1.82, 2.24) is 25.1 Å². The normalized spacial score (nSPS) is 12.8. The molecule has 7 nitrogen and oxygen atoms in total. The van der Waals surface area contributed by atoms with E-state index in [2.05, 4.69) is 20.4 Å². The Morgan fingerprint density at radius 1 is 1.35 bits per heavy atom. The molecule has 3 rings (SSSR count). The van der Waals surface area contributed by atoms with Crippen molar-refractivity contribution in [2.75, 3.05) is 0 Å². The zero-order valence-corrected chi connectivity index (χ0v) is 12.8. The second-order valence-electron chi connectivity index (χ2n) is 5.40. The molecule has 1 amide bonds. The van der Waals surface area contributed by atoms with Crippen LogP contribution >= 0.6 is 0 Å². The number of imidazole rings is 1. The molecule has 0 aliphatic heterocycles. The lowest BCUT2D eigenvalue weighted by Crippen LogP contribution is -2.24. The highest BCUT2D eigenvalue weighted by molar-refractivity contribution is 5.92. The van der Waals surface area contributed by atoms with Crippen molar-refractivity contribution < 1.29 is 4.79 Å². The molecule has 0 saturated heterocycles. The summed E-state index contributed by atoms with van der Waals surface area (Å²) in [5, 5.41) is 6.93. The van der Waals surface area contributed by atoms with Gasteiger partial charge in [-0.05, 0) is 30.7 Å². The predicted octanol–water partition coefficient (Wildman–Crippen LogP) is 1.48. The smallest absolute Gasteiger partial charge is 0.323 e. The fourth-order valence-corrected chi connectivity index (χ4v) is 2.36. The first kappa shape index (κ1) is 14.8. The quantitative estimate of drug-likeness (QED) is 0.637. The number of carbonyl (C=O) groups is 1. The molecule has 118 valence electrons. The Hall–Kier alpha value is -3.09. The Balaban J connectivity index is 1.69. The van der Waals surface area contributed by atoms with E-state index in [0.717, 1.165) is 22.2 Å². The summed E-state index contributed by atoms with van der Waals surface area (Å²) in [6.07, 6.45) is 6.69. The monoisotopic (exact) mass is 311 g/mol. The summed E-state index contributed by atoms with van der Waals surface area (Å²) in [6.45, 7) is 1.89. The van der Waals surface area contributed by atoms with Crippen LogP contribution in [-0.2, 0) is 11.8 Å². The van der Waals surface area contributed by atoms with Crippen LogP contribution in [0.5, 0.6) is 0 Å². The molecular weight excluding hydrogens is 294 g/mol. The summed E-state index contributed by atoms with van der Waals surface area (Å²) in [6, 6.07) is 5.37. The molecule has 23 heavy (non-hydrogen) atoms. The number of fused-ring (bicyclic) bond motifs is 1. The zero-order chi connectivity index (χ0) is 16.4. The van der Waals surface area contributed by atoms with E-state index in [1.165, 1.54) is 6.08 Å². The minimum Gasteiger partial charge on any atom is -0.346 e. The number of hydrogen-bond donors (Lipinski definition) is 3. The molecular formula is C16H17N5O2. The van der Waals surface area contributed by atoms with Gasteiger partial charge in [-0.3, -0.25) is 9.48 Å². The summed E-state index contributed by atoms with van der Waals surface area (Å²) in [7, 11) is 1.82. The fraction of sp³-hybridized carbons (Fsp3) is 0.188. The van der Waals surface area contributed by atoms with Gasteiger partial charge in [-0.2, -0.15) is 5.10 Å². The van der Waals surface area contributed by atoms with Crippen molar-refractivity contribution in [3.05, 3.63) is 58.3 Å². The first-order chi connectivity index (χ1) is 11.0. The van der Waals surface area contributed by atoms with E-state index in [4.69, 9.17) is 0 Å². The number of hydrogen-bond acceptors (Lipinski definition) is 3. The molecule has 2 aromatic heterocycles. The Morgan fingerprint density at radius 3 is 2.87 bits per heavy atom. The summed E-state index contributed by atoms with van der Waals surface area (Å²) < 4.78 is 1.67. The molecule has 0 saturated carbocycles. The molecule has 0 radical (unpaired) electrons. The number of amides is 1. The Bertz CT molecular complexity index is 931. The second-order valence-corrected chi connectivity index (χ2v) is 5.40. The molecule has 0 fully saturated rings. The van der Waals surface area contributed by atoms with Gasteiger partial charge in [0.2, 0.25) is 5.91 Å². The molecule has 2 heterocycles. The van der Waals surface area contributed by atoms with Crippen LogP contribution in [0.3, 0.4) is 0 Å². The van der Waals surface area contributed by atoms with Crippen molar-refractivity contribution >= 4 is 23.0 Å². The number of benzene rings is 1. The highest BCUT2D eigenvalue weighted by Crippen LogP contribution is 2.17. The highest BCUT2D eigenvalue weighted by atomic mass is 16.1. The van der Waals surface area contributed by atoms with E-state index in [0.29, 0.717) is 0 Å². The summed E-state index contributed by atoms with van der Waals surface area (Å²) in [5.74, 6) is -0.191. The topological polar surface area (TPSA) is 95.6 Å². The summed E-state index contributed by atoms with van der Waals surface area (Å²) in [4.78, 5) is 28.7. The maximum Gasteiger partial charge on any atom is 0.323 e. The van der Waals surface area contributed by atoms with Crippen LogP contribution in [0.1, 0.15) is 24.1 Å². The lowest BCUT2D eigenvalue weighted by atomic mass is 10.1. The van der Waals surface area contributed by atoms with Crippen molar-refractivity contribution in [3.8, 4) is 0 Å². The van der Waals surface area contributed by atoms with Gasteiger partial charge in [0.05, 0.1) is 23.3 Å². The van der Waals surface area contributed by atoms with E-state index in [1.54, 1.807) is 17.0 Å². The minimum atomic E-state index is -0.242. The van der Waals surface area contributed by atoms with Crippen LogP contribution in [0, 0.1) is 0 Å². The van der Waals surface area contributed by atoms with Gasteiger partial charge >= 0.3 is 5.69 Å². The lowest BCUT2D eigenvalue weighted by Gasteiger charge is -2.12. The van der Waals surface area contributed by atoms with Crippen molar-refractivity contribution in [1.29, 1.82) is 0 Å². The number of rotatable bonds is 4. The maximum absolute atomic E-state index is 12.0. The van der Waals surface area contributed by atoms with Crippen LogP contribution in [0.25, 0.3) is 17.1 Å².